The van der Waals surface area contributed by atoms with Crippen LogP contribution < -0.4 is 10.2 Å². The van der Waals surface area contributed by atoms with Crippen LogP contribution >= 0.6 is 0 Å². The molecule has 0 atom stereocenters. The number of fused-ring (bicyclic) bond motifs is 1. The highest BCUT2D eigenvalue weighted by molar-refractivity contribution is 5.91. The Bertz CT molecular complexity index is 861. The van der Waals surface area contributed by atoms with Gasteiger partial charge in [-0.25, -0.2) is 14.4 Å². The Balaban J connectivity index is 1.56. The van der Waals surface area contributed by atoms with Gasteiger partial charge in [0.1, 0.15) is 18.0 Å². The summed E-state index contributed by atoms with van der Waals surface area (Å²) in [5.41, 5.74) is 1.83. The van der Waals surface area contributed by atoms with E-state index < -0.39 is 0 Å². The minimum atomic E-state index is -0.258. The summed E-state index contributed by atoms with van der Waals surface area (Å²) in [7, 11) is 1.83. The van der Waals surface area contributed by atoms with E-state index in [0.717, 1.165) is 22.3 Å². The third-order valence-corrected chi connectivity index (χ3v) is 3.91. The van der Waals surface area contributed by atoms with E-state index in [1.165, 1.54) is 18.5 Å². The molecule has 6 heteroatoms. The van der Waals surface area contributed by atoms with Crippen LogP contribution in [-0.4, -0.2) is 36.0 Å². The summed E-state index contributed by atoms with van der Waals surface area (Å²) in [6.07, 6.45) is 2.16. The number of anilines is 1. The summed E-state index contributed by atoms with van der Waals surface area (Å²) in [4.78, 5) is 22.5. The number of nitrogens with one attached hydrogen (secondary N) is 1. The number of rotatable bonds is 6. The van der Waals surface area contributed by atoms with Crippen LogP contribution in [0.5, 0.6) is 0 Å². The van der Waals surface area contributed by atoms with Crippen molar-refractivity contribution < 1.29 is 9.18 Å². The highest BCUT2D eigenvalue weighted by Gasteiger charge is 2.11. The molecule has 1 aromatic heterocycles. The fourth-order valence-corrected chi connectivity index (χ4v) is 2.64. The van der Waals surface area contributed by atoms with E-state index in [4.69, 9.17) is 0 Å². The molecule has 0 radical (unpaired) electrons. The maximum Gasteiger partial charge on any atom is 0.239 e. The molecule has 5 nitrogen and oxygen atoms in total. The molecule has 1 N–H and O–H groups in total. The van der Waals surface area contributed by atoms with Gasteiger partial charge in [-0.05, 0) is 36.2 Å². The third-order valence-electron chi connectivity index (χ3n) is 3.91. The Morgan fingerprint density at radius 2 is 1.88 bits per heavy atom. The molecular weight excluding hydrogens is 319 g/mol. The lowest BCUT2D eigenvalue weighted by Crippen LogP contribution is -2.36. The highest BCUT2D eigenvalue weighted by Crippen LogP contribution is 2.21. The Kier molecular flexibility index (Phi) is 5.18. The quantitative estimate of drug-likeness (QED) is 0.750. The number of benzene rings is 2. The van der Waals surface area contributed by atoms with Gasteiger partial charge in [-0.1, -0.05) is 24.3 Å². The molecular formula is C19H19FN4O. The fourth-order valence-electron chi connectivity index (χ4n) is 2.64. The van der Waals surface area contributed by atoms with Crippen LogP contribution in [0.2, 0.25) is 0 Å². The van der Waals surface area contributed by atoms with Crippen LogP contribution in [-0.2, 0) is 11.2 Å². The fraction of sp³-hybridized carbons (Fsp3) is 0.211. The number of hydrogen-bond donors (Lipinski definition) is 1. The van der Waals surface area contributed by atoms with Crippen molar-refractivity contribution in [2.75, 3.05) is 25.0 Å². The molecule has 0 fully saturated rings. The first-order chi connectivity index (χ1) is 12.1. The topological polar surface area (TPSA) is 58.1 Å². The van der Waals surface area contributed by atoms with E-state index in [0.29, 0.717) is 13.0 Å². The Morgan fingerprint density at radius 1 is 1.12 bits per heavy atom. The molecule has 0 spiro atoms. The van der Waals surface area contributed by atoms with Crippen molar-refractivity contribution in [1.29, 1.82) is 0 Å². The summed E-state index contributed by atoms with van der Waals surface area (Å²) >= 11 is 0. The van der Waals surface area contributed by atoms with Crippen LogP contribution in [0.1, 0.15) is 5.56 Å². The Hall–Kier alpha value is -3.02. The average molecular weight is 338 g/mol. The number of carbonyl (C=O) groups is 1. The highest BCUT2D eigenvalue weighted by atomic mass is 19.1. The predicted octanol–water partition coefficient (Wildman–Crippen LogP) is 2.56. The molecule has 0 aliphatic rings. The number of likely N-dealkylation sites (N-methyl/N-ethyl adjacent to an activating group) is 1. The average Bonchev–Trinajstić information content (AvgIpc) is 2.63. The Labute approximate surface area is 145 Å². The van der Waals surface area contributed by atoms with Gasteiger partial charge in [-0.15, -0.1) is 0 Å². The first-order valence-corrected chi connectivity index (χ1v) is 8.05. The monoisotopic (exact) mass is 338 g/mol. The van der Waals surface area contributed by atoms with Gasteiger partial charge in [0.2, 0.25) is 5.91 Å². The van der Waals surface area contributed by atoms with Crippen LogP contribution in [0.3, 0.4) is 0 Å². The number of hydrogen-bond acceptors (Lipinski definition) is 4. The normalized spacial score (nSPS) is 10.6. The second-order valence-corrected chi connectivity index (χ2v) is 5.80. The van der Waals surface area contributed by atoms with E-state index in [1.54, 1.807) is 17.0 Å². The summed E-state index contributed by atoms with van der Waals surface area (Å²) in [6, 6.07) is 14.0. The molecule has 0 saturated carbocycles. The van der Waals surface area contributed by atoms with Crippen molar-refractivity contribution in [2.24, 2.45) is 0 Å². The van der Waals surface area contributed by atoms with Crippen molar-refractivity contribution >= 4 is 22.6 Å². The number of halogens is 1. The van der Waals surface area contributed by atoms with Crippen LogP contribution in [0.4, 0.5) is 10.2 Å². The van der Waals surface area contributed by atoms with Gasteiger partial charge in [0, 0.05) is 19.0 Å². The zero-order chi connectivity index (χ0) is 17.6. The molecule has 0 aliphatic heterocycles. The van der Waals surface area contributed by atoms with Crippen LogP contribution in [0, 0.1) is 5.82 Å². The number of carbonyl (C=O) groups excluding carboxylic acids is 1. The first-order valence-electron chi connectivity index (χ1n) is 8.05. The lowest BCUT2D eigenvalue weighted by atomic mass is 10.1. The molecule has 2 aromatic carbocycles. The number of nitrogens with zero attached hydrogens (tertiary/aromatic N) is 3. The third kappa shape index (κ3) is 4.29. The van der Waals surface area contributed by atoms with Gasteiger partial charge >= 0.3 is 0 Å². The second-order valence-electron chi connectivity index (χ2n) is 5.80. The van der Waals surface area contributed by atoms with E-state index in [1.807, 2.05) is 31.3 Å². The molecule has 0 bridgehead atoms. The van der Waals surface area contributed by atoms with Gasteiger partial charge in [0.05, 0.1) is 12.1 Å². The van der Waals surface area contributed by atoms with Crippen molar-refractivity contribution in [3.05, 3.63) is 66.2 Å². The first kappa shape index (κ1) is 16.8. The zero-order valence-corrected chi connectivity index (χ0v) is 13.9. The summed E-state index contributed by atoms with van der Waals surface area (Å²) in [5.74, 6) is 0.373. The maximum absolute atomic E-state index is 12.9. The molecule has 0 aliphatic carbocycles. The molecule has 1 heterocycles. The smallest absolute Gasteiger partial charge is 0.239 e. The maximum atomic E-state index is 12.9. The minimum absolute atomic E-state index is 0.0905. The lowest BCUT2D eigenvalue weighted by Gasteiger charge is -2.19. The summed E-state index contributed by atoms with van der Waals surface area (Å²) in [5, 5.41) is 3.79. The molecule has 3 rings (SSSR count). The van der Waals surface area contributed by atoms with E-state index >= 15 is 0 Å². The van der Waals surface area contributed by atoms with Gasteiger partial charge in [0.25, 0.3) is 0 Å². The molecule has 25 heavy (non-hydrogen) atoms. The lowest BCUT2D eigenvalue weighted by molar-refractivity contribution is -0.119. The predicted molar refractivity (Wildman–Crippen MR) is 95.9 cm³/mol. The standard InChI is InChI=1S/C19H19FN4O/c1-24(19-16-4-2-3-5-17(16)22-13-23-19)12-18(25)21-11-10-14-6-8-15(20)9-7-14/h2-9,13H,10-12H2,1H3,(H,21,25). The largest absolute Gasteiger partial charge is 0.354 e. The molecule has 128 valence electrons. The summed E-state index contributed by atoms with van der Waals surface area (Å²) in [6.45, 7) is 0.702. The molecule has 3 aromatic rings. The van der Waals surface area contributed by atoms with Crippen molar-refractivity contribution in [2.45, 2.75) is 6.42 Å². The van der Waals surface area contributed by atoms with Crippen molar-refractivity contribution in [3.63, 3.8) is 0 Å². The molecule has 0 unspecified atom stereocenters. The van der Waals surface area contributed by atoms with E-state index in [9.17, 15) is 9.18 Å². The number of amides is 1. The van der Waals surface area contributed by atoms with Crippen LogP contribution in [0.15, 0.2) is 54.9 Å². The zero-order valence-electron chi connectivity index (χ0n) is 13.9. The molecule has 1 amide bonds. The number of aromatic nitrogens is 2. The Morgan fingerprint density at radius 3 is 2.68 bits per heavy atom. The summed E-state index contributed by atoms with van der Waals surface area (Å²) < 4.78 is 12.9. The van der Waals surface area contributed by atoms with Gasteiger partial charge in [-0.2, -0.15) is 0 Å². The van der Waals surface area contributed by atoms with Crippen molar-refractivity contribution in [3.8, 4) is 0 Å². The SMILES string of the molecule is CN(CC(=O)NCCc1ccc(F)cc1)c1ncnc2ccccc12. The van der Waals surface area contributed by atoms with Gasteiger partial charge in [-0.3, -0.25) is 4.79 Å². The van der Waals surface area contributed by atoms with Gasteiger partial charge in [0.15, 0.2) is 0 Å². The minimum Gasteiger partial charge on any atom is -0.354 e. The molecule has 0 saturated heterocycles. The van der Waals surface area contributed by atoms with E-state index in [2.05, 4.69) is 15.3 Å². The number of para-hydroxylation sites is 1. The van der Waals surface area contributed by atoms with Crippen molar-refractivity contribution in [1.82, 2.24) is 15.3 Å². The van der Waals surface area contributed by atoms with Crippen LogP contribution in [0.25, 0.3) is 10.9 Å². The van der Waals surface area contributed by atoms with E-state index in [-0.39, 0.29) is 18.3 Å². The second kappa shape index (κ2) is 7.70. The van der Waals surface area contributed by atoms with Gasteiger partial charge < -0.3 is 10.2 Å².